The third kappa shape index (κ3) is 5.36. The lowest BCUT2D eigenvalue weighted by molar-refractivity contribution is -0.142. The van der Waals surface area contributed by atoms with Crippen LogP contribution in [0.2, 0.25) is 0 Å². The largest absolute Gasteiger partial charge is 0.468 e. The van der Waals surface area contributed by atoms with E-state index in [-0.39, 0.29) is 5.97 Å². The lowest BCUT2D eigenvalue weighted by atomic mass is 10.2. The third-order valence-corrected chi connectivity index (χ3v) is 5.06. The van der Waals surface area contributed by atoms with Crippen LogP contribution >= 0.6 is 11.8 Å². The van der Waals surface area contributed by atoms with Crippen LogP contribution in [0.25, 0.3) is 0 Å². The SMILES string of the molecule is COC(=O)CN(CCSc1ccc(C)cc1)C1CCCC1. The van der Waals surface area contributed by atoms with Gasteiger partial charge in [0.25, 0.3) is 0 Å². The van der Waals surface area contributed by atoms with Crippen molar-refractivity contribution in [3.05, 3.63) is 29.8 Å². The number of rotatable bonds is 7. The Hall–Kier alpha value is -1.00. The summed E-state index contributed by atoms with van der Waals surface area (Å²) in [6.45, 7) is 3.47. The fourth-order valence-electron chi connectivity index (χ4n) is 2.81. The number of hydrogen-bond donors (Lipinski definition) is 0. The quantitative estimate of drug-likeness (QED) is 0.569. The molecular weight excluding hydrogens is 282 g/mol. The summed E-state index contributed by atoms with van der Waals surface area (Å²) in [7, 11) is 1.47. The van der Waals surface area contributed by atoms with Crippen molar-refractivity contribution in [2.24, 2.45) is 0 Å². The van der Waals surface area contributed by atoms with Gasteiger partial charge >= 0.3 is 5.97 Å². The molecule has 0 spiro atoms. The molecule has 21 heavy (non-hydrogen) atoms. The van der Waals surface area contributed by atoms with E-state index in [1.54, 1.807) is 0 Å². The fraction of sp³-hybridized carbons (Fsp3) is 0.588. The van der Waals surface area contributed by atoms with Gasteiger partial charge in [0.05, 0.1) is 13.7 Å². The van der Waals surface area contributed by atoms with E-state index in [9.17, 15) is 4.79 Å². The van der Waals surface area contributed by atoms with Gasteiger partial charge in [-0.1, -0.05) is 30.5 Å². The summed E-state index contributed by atoms with van der Waals surface area (Å²) >= 11 is 1.86. The van der Waals surface area contributed by atoms with Gasteiger partial charge in [-0.25, -0.2) is 0 Å². The Morgan fingerprint density at radius 2 is 1.95 bits per heavy atom. The molecule has 3 nitrogen and oxygen atoms in total. The molecule has 0 amide bonds. The van der Waals surface area contributed by atoms with Crippen LogP contribution in [-0.2, 0) is 9.53 Å². The standard InChI is InChI=1S/C17H25NO2S/c1-14-7-9-16(10-8-14)21-12-11-18(13-17(19)20-2)15-5-3-4-6-15/h7-10,15H,3-6,11-13H2,1-2H3. The van der Waals surface area contributed by atoms with Crippen molar-refractivity contribution in [3.63, 3.8) is 0 Å². The van der Waals surface area contributed by atoms with Crippen LogP contribution in [0.1, 0.15) is 31.2 Å². The molecule has 0 saturated heterocycles. The molecule has 116 valence electrons. The summed E-state index contributed by atoms with van der Waals surface area (Å²) in [5, 5.41) is 0. The van der Waals surface area contributed by atoms with E-state index < -0.39 is 0 Å². The summed E-state index contributed by atoms with van der Waals surface area (Å²) in [4.78, 5) is 15.2. The van der Waals surface area contributed by atoms with Gasteiger partial charge in [0.1, 0.15) is 0 Å². The molecule has 1 aromatic carbocycles. The number of aryl methyl sites for hydroxylation is 1. The Balaban J connectivity index is 1.83. The van der Waals surface area contributed by atoms with E-state index in [2.05, 4.69) is 36.1 Å². The van der Waals surface area contributed by atoms with Crippen molar-refractivity contribution in [1.29, 1.82) is 0 Å². The molecule has 1 fully saturated rings. The molecule has 0 bridgehead atoms. The number of benzene rings is 1. The summed E-state index contributed by atoms with van der Waals surface area (Å²) < 4.78 is 4.83. The average Bonchev–Trinajstić information content (AvgIpc) is 3.02. The summed E-state index contributed by atoms with van der Waals surface area (Å²) in [5.74, 6) is 0.888. The average molecular weight is 307 g/mol. The highest BCUT2D eigenvalue weighted by atomic mass is 32.2. The molecule has 1 aromatic rings. The number of thioether (sulfide) groups is 1. The highest BCUT2D eigenvalue weighted by Crippen LogP contribution is 2.25. The second-order valence-corrected chi connectivity index (χ2v) is 6.81. The zero-order valence-corrected chi connectivity index (χ0v) is 13.8. The molecule has 1 aliphatic rings. The number of carbonyl (C=O) groups excluding carboxylic acids is 1. The molecule has 0 N–H and O–H groups in total. The molecule has 1 aliphatic carbocycles. The monoisotopic (exact) mass is 307 g/mol. The number of ether oxygens (including phenoxy) is 1. The first-order chi connectivity index (χ1) is 10.2. The molecule has 0 atom stereocenters. The van der Waals surface area contributed by atoms with Crippen LogP contribution in [0.15, 0.2) is 29.2 Å². The number of hydrogen-bond acceptors (Lipinski definition) is 4. The smallest absolute Gasteiger partial charge is 0.319 e. The minimum Gasteiger partial charge on any atom is -0.468 e. The van der Waals surface area contributed by atoms with Gasteiger partial charge < -0.3 is 4.74 Å². The zero-order valence-electron chi connectivity index (χ0n) is 13.0. The van der Waals surface area contributed by atoms with Gasteiger partial charge in [0.2, 0.25) is 0 Å². The van der Waals surface area contributed by atoms with Crippen LogP contribution < -0.4 is 0 Å². The van der Waals surface area contributed by atoms with Gasteiger partial charge in [-0.05, 0) is 31.9 Å². The van der Waals surface area contributed by atoms with Crippen molar-refractivity contribution in [2.45, 2.75) is 43.5 Å². The molecular formula is C17H25NO2S. The number of methoxy groups -OCH3 is 1. The van der Waals surface area contributed by atoms with E-state index in [1.165, 1.54) is 43.3 Å². The molecule has 4 heteroatoms. The fourth-order valence-corrected chi connectivity index (χ4v) is 3.70. The second-order valence-electron chi connectivity index (χ2n) is 5.65. The maximum Gasteiger partial charge on any atom is 0.319 e. The van der Waals surface area contributed by atoms with E-state index >= 15 is 0 Å². The summed E-state index contributed by atoms with van der Waals surface area (Å²) in [6, 6.07) is 9.18. The van der Waals surface area contributed by atoms with E-state index in [0.29, 0.717) is 12.6 Å². The molecule has 0 radical (unpaired) electrons. The van der Waals surface area contributed by atoms with E-state index in [4.69, 9.17) is 4.74 Å². The number of nitrogens with zero attached hydrogens (tertiary/aromatic N) is 1. The van der Waals surface area contributed by atoms with Crippen LogP contribution in [0, 0.1) is 6.92 Å². The Labute approximate surface area is 132 Å². The topological polar surface area (TPSA) is 29.5 Å². The number of esters is 1. The highest BCUT2D eigenvalue weighted by Gasteiger charge is 2.24. The minimum atomic E-state index is -0.123. The first kappa shape index (κ1) is 16.4. The van der Waals surface area contributed by atoms with Crippen molar-refractivity contribution in [1.82, 2.24) is 4.90 Å². The van der Waals surface area contributed by atoms with Crippen LogP contribution in [-0.4, -0.2) is 42.9 Å². The normalized spacial score (nSPS) is 15.6. The molecule has 0 unspecified atom stereocenters. The highest BCUT2D eigenvalue weighted by molar-refractivity contribution is 7.99. The van der Waals surface area contributed by atoms with Crippen molar-refractivity contribution >= 4 is 17.7 Å². The summed E-state index contributed by atoms with van der Waals surface area (Å²) in [6.07, 6.45) is 5.00. The number of carbonyl (C=O) groups is 1. The van der Waals surface area contributed by atoms with E-state index in [1.807, 2.05) is 11.8 Å². The first-order valence-corrected chi connectivity index (χ1v) is 8.68. The first-order valence-electron chi connectivity index (χ1n) is 7.69. The Morgan fingerprint density at radius 3 is 2.57 bits per heavy atom. The lowest BCUT2D eigenvalue weighted by Crippen LogP contribution is -2.39. The maximum absolute atomic E-state index is 11.6. The van der Waals surface area contributed by atoms with Crippen LogP contribution in [0.4, 0.5) is 0 Å². The zero-order chi connectivity index (χ0) is 15.1. The maximum atomic E-state index is 11.6. The van der Waals surface area contributed by atoms with Crippen LogP contribution in [0.3, 0.4) is 0 Å². The van der Waals surface area contributed by atoms with Gasteiger partial charge in [0, 0.05) is 23.2 Å². The molecule has 0 aliphatic heterocycles. The molecule has 2 rings (SSSR count). The third-order valence-electron chi connectivity index (χ3n) is 4.07. The molecule has 0 heterocycles. The van der Waals surface area contributed by atoms with Gasteiger partial charge in [-0.15, -0.1) is 11.8 Å². The molecule has 1 saturated carbocycles. The second kappa shape index (κ2) is 8.44. The van der Waals surface area contributed by atoms with Gasteiger partial charge in [-0.2, -0.15) is 0 Å². The lowest BCUT2D eigenvalue weighted by Gasteiger charge is -2.27. The Bertz CT molecular complexity index is 441. The Morgan fingerprint density at radius 1 is 1.29 bits per heavy atom. The minimum absolute atomic E-state index is 0.123. The van der Waals surface area contributed by atoms with Crippen molar-refractivity contribution < 1.29 is 9.53 Å². The predicted molar refractivity (Wildman–Crippen MR) is 87.7 cm³/mol. The van der Waals surface area contributed by atoms with Crippen molar-refractivity contribution in [2.75, 3.05) is 26.0 Å². The molecule has 0 aromatic heterocycles. The Kier molecular flexibility index (Phi) is 6.58. The predicted octanol–water partition coefficient (Wildman–Crippen LogP) is 3.50. The van der Waals surface area contributed by atoms with Gasteiger partial charge in [0.15, 0.2) is 0 Å². The van der Waals surface area contributed by atoms with E-state index in [0.717, 1.165) is 12.3 Å². The van der Waals surface area contributed by atoms with Crippen LogP contribution in [0.5, 0.6) is 0 Å². The van der Waals surface area contributed by atoms with Gasteiger partial charge in [-0.3, -0.25) is 9.69 Å². The summed E-state index contributed by atoms with van der Waals surface area (Å²) in [5.41, 5.74) is 1.29. The van der Waals surface area contributed by atoms with Crippen molar-refractivity contribution in [3.8, 4) is 0 Å².